The van der Waals surface area contributed by atoms with Crippen molar-refractivity contribution in [3.63, 3.8) is 0 Å². The van der Waals surface area contributed by atoms with Gasteiger partial charge in [-0.3, -0.25) is 0 Å². The zero-order chi connectivity index (χ0) is 9.30. The smallest absolute Gasteiger partial charge is 0.229 e. The predicted octanol–water partition coefficient (Wildman–Crippen LogP) is 3.42. The van der Waals surface area contributed by atoms with E-state index >= 15 is 0 Å². The van der Waals surface area contributed by atoms with E-state index in [2.05, 4.69) is 4.98 Å². The first-order valence-corrected chi connectivity index (χ1v) is 4.27. The Hall–Kier alpha value is -0.0400. The summed E-state index contributed by atoms with van der Waals surface area (Å²) in [6.07, 6.45) is -2.93. The maximum absolute atomic E-state index is 12.8. The van der Waals surface area contributed by atoms with Gasteiger partial charge in [-0.25, -0.2) is 18.2 Å². The Morgan fingerprint density at radius 3 is 2.50 bits per heavy atom. The van der Waals surface area contributed by atoms with Crippen molar-refractivity contribution in [1.82, 2.24) is 4.98 Å². The minimum atomic E-state index is -2.93. The van der Waals surface area contributed by atoms with Gasteiger partial charge in [0.1, 0.15) is 14.7 Å². The minimum Gasteiger partial charge on any atom is -0.229 e. The topological polar surface area (TPSA) is 12.9 Å². The Morgan fingerprint density at radius 1 is 1.50 bits per heavy atom. The van der Waals surface area contributed by atoms with Crippen LogP contribution in [-0.2, 0) is 0 Å². The maximum Gasteiger partial charge on any atom is 0.269 e. The molecule has 12 heavy (non-hydrogen) atoms. The molecule has 0 fully saturated rings. The van der Waals surface area contributed by atoms with Crippen LogP contribution in [0.4, 0.5) is 13.2 Å². The molecule has 0 saturated carbocycles. The van der Waals surface area contributed by atoms with Crippen molar-refractivity contribution in [2.24, 2.45) is 0 Å². The summed E-state index contributed by atoms with van der Waals surface area (Å²) in [5.41, 5.74) is -0.836. The van der Waals surface area contributed by atoms with Crippen molar-refractivity contribution in [1.29, 1.82) is 0 Å². The lowest BCUT2D eigenvalue weighted by Crippen LogP contribution is -1.96. The van der Waals surface area contributed by atoms with Gasteiger partial charge in [-0.2, -0.15) is 0 Å². The van der Waals surface area contributed by atoms with Crippen molar-refractivity contribution in [3.05, 3.63) is 26.3 Å². The van der Waals surface area contributed by atoms with Crippen LogP contribution in [0.15, 0.2) is 6.07 Å². The molecule has 0 saturated heterocycles. The van der Waals surface area contributed by atoms with Crippen molar-refractivity contribution >= 4 is 34.2 Å². The number of hydrogen-bond donors (Lipinski definition) is 0. The highest BCUT2D eigenvalue weighted by Gasteiger charge is 2.19. The molecular formula is C6H2ClF3IN. The zero-order valence-corrected chi connectivity index (χ0v) is 8.41. The number of pyridine rings is 1. The molecule has 0 unspecified atom stereocenters. The van der Waals surface area contributed by atoms with Crippen LogP contribution < -0.4 is 0 Å². The van der Waals surface area contributed by atoms with E-state index in [1.54, 1.807) is 22.6 Å². The summed E-state index contributed by atoms with van der Waals surface area (Å²) in [6, 6.07) is 0.911. The fourth-order valence-corrected chi connectivity index (χ4v) is 1.58. The molecule has 0 N–H and O–H groups in total. The van der Waals surface area contributed by atoms with Gasteiger partial charge in [0.15, 0.2) is 0 Å². The summed E-state index contributed by atoms with van der Waals surface area (Å²) in [5, 5.41) is -0.477. The van der Waals surface area contributed by atoms with E-state index in [4.69, 9.17) is 11.6 Å². The third kappa shape index (κ3) is 2.01. The lowest BCUT2D eigenvalue weighted by atomic mass is 10.3. The van der Waals surface area contributed by atoms with Gasteiger partial charge in [-0.15, -0.1) is 0 Å². The molecule has 0 amide bonds. The average molecular weight is 307 g/mol. The van der Waals surface area contributed by atoms with Gasteiger partial charge in [-0.05, 0) is 22.6 Å². The van der Waals surface area contributed by atoms with Crippen molar-refractivity contribution < 1.29 is 13.2 Å². The quantitative estimate of drug-likeness (QED) is 0.572. The molecule has 0 bridgehead atoms. The highest BCUT2D eigenvalue weighted by molar-refractivity contribution is 14.1. The molecule has 1 aromatic rings. The maximum atomic E-state index is 12.8. The first kappa shape index (κ1) is 10.0. The van der Waals surface area contributed by atoms with E-state index < -0.39 is 23.0 Å². The summed E-state index contributed by atoms with van der Waals surface area (Å²) in [4.78, 5) is 3.49. The first-order valence-electron chi connectivity index (χ1n) is 2.82. The van der Waals surface area contributed by atoms with E-state index in [1.807, 2.05) is 0 Å². The van der Waals surface area contributed by atoms with Gasteiger partial charge in [0.2, 0.25) is 0 Å². The number of halogens is 5. The molecule has 0 atom stereocenters. The van der Waals surface area contributed by atoms with Crippen molar-refractivity contribution in [3.8, 4) is 0 Å². The summed E-state index contributed by atoms with van der Waals surface area (Å²) in [6.45, 7) is 0. The second-order valence-corrected chi connectivity index (χ2v) is 3.40. The summed E-state index contributed by atoms with van der Waals surface area (Å²) < 4.78 is 37.1. The number of hydrogen-bond acceptors (Lipinski definition) is 1. The van der Waals surface area contributed by atoms with E-state index in [1.165, 1.54) is 0 Å². The normalized spacial score (nSPS) is 10.8. The van der Waals surface area contributed by atoms with Gasteiger partial charge in [0.25, 0.3) is 6.43 Å². The molecule has 1 heterocycles. The summed E-state index contributed by atoms with van der Waals surface area (Å²) >= 11 is 6.98. The molecule has 0 radical (unpaired) electrons. The molecule has 0 aliphatic heterocycles. The highest BCUT2D eigenvalue weighted by Crippen LogP contribution is 2.28. The molecule has 1 rings (SSSR count). The molecule has 0 aromatic carbocycles. The fraction of sp³-hybridized carbons (Fsp3) is 0.167. The fourth-order valence-electron chi connectivity index (χ4n) is 0.661. The number of aromatic nitrogens is 1. The second kappa shape index (κ2) is 3.78. The van der Waals surface area contributed by atoms with Gasteiger partial charge < -0.3 is 0 Å². The lowest BCUT2D eigenvalue weighted by Gasteiger charge is -2.03. The SMILES string of the molecule is Fc1cc(I)nc(Cl)c1C(F)F. The first-order chi connectivity index (χ1) is 5.52. The lowest BCUT2D eigenvalue weighted by molar-refractivity contribution is 0.146. The van der Waals surface area contributed by atoms with Gasteiger partial charge in [0.05, 0.1) is 5.56 Å². The van der Waals surface area contributed by atoms with E-state index in [-0.39, 0.29) is 3.70 Å². The Balaban J connectivity index is 3.28. The third-order valence-electron chi connectivity index (χ3n) is 1.15. The standard InChI is InChI=1S/C6H2ClF3IN/c7-5-4(6(9)10)2(8)1-3(11)12-5/h1,6H. The highest BCUT2D eigenvalue weighted by atomic mass is 127. The number of alkyl halides is 2. The third-order valence-corrected chi connectivity index (χ3v) is 1.99. The van der Waals surface area contributed by atoms with E-state index in [9.17, 15) is 13.2 Å². The van der Waals surface area contributed by atoms with E-state index in [0.29, 0.717) is 0 Å². The Labute approximate surface area is 85.1 Å². The van der Waals surface area contributed by atoms with Crippen LogP contribution in [0.1, 0.15) is 12.0 Å². The number of rotatable bonds is 1. The molecular weight excluding hydrogens is 305 g/mol. The summed E-state index contributed by atoms with van der Waals surface area (Å²) in [5.74, 6) is -1.02. The van der Waals surface area contributed by atoms with E-state index in [0.717, 1.165) is 6.07 Å². The van der Waals surface area contributed by atoms with Crippen LogP contribution in [0.3, 0.4) is 0 Å². The average Bonchev–Trinajstić information content (AvgIpc) is 1.82. The molecule has 66 valence electrons. The molecule has 0 spiro atoms. The number of nitrogens with zero attached hydrogens (tertiary/aromatic N) is 1. The molecule has 1 aromatic heterocycles. The van der Waals surface area contributed by atoms with Gasteiger partial charge in [0, 0.05) is 6.07 Å². The summed E-state index contributed by atoms with van der Waals surface area (Å²) in [7, 11) is 0. The van der Waals surface area contributed by atoms with Crippen LogP contribution >= 0.6 is 34.2 Å². The van der Waals surface area contributed by atoms with Gasteiger partial charge in [-0.1, -0.05) is 11.6 Å². The van der Waals surface area contributed by atoms with Crippen LogP contribution in [0.5, 0.6) is 0 Å². The minimum absolute atomic E-state index is 0.250. The van der Waals surface area contributed by atoms with Crippen molar-refractivity contribution in [2.75, 3.05) is 0 Å². The van der Waals surface area contributed by atoms with Crippen LogP contribution in [0.2, 0.25) is 5.15 Å². The molecule has 0 aliphatic rings. The Kier molecular flexibility index (Phi) is 3.16. The Morgan fingerprint density at radius 2 is 2.08 bits per heavy atom. The monoisotopic (exact) mass is 307 g/mol. The molecule has 6 heteroatoms. The zero-order valence-electron chi connectivity index (χ0n) is 5.49. The molecule has 0 aliphatic carbocycles. The van der Waals surface area contributed by atoms with Crippen LogP contribution in [0.25, 0.3) is 0 Å². The molecule has 1 nitrogen and oxygen atoms in total. The van der Waals surface area contributed by atoms with Crippen LogP contribution in [0, 0.1) is 9.52 Å². The second-order valence-electron chi connectivity index (χ2n) is 1.93. The van der Waals surface area contributed by atoms with Gasteiger partial charge >= 0.3 is 0 Å². The largest absolute Gasteiger partial charge is 0.269 e. The van der Waals surface area contributed by atoms with Crippen molar-refractivity contribution in [2.45, 2.75) is 6.43 Å². The predicted molar refractivity (Wildman–Crippen MR) is 46.9 cm³/mol. The van der Waals surface area contributed by atoms with Crippen LogP contribution in [-0.4, -0.2) is 4.98 Å². The Bertz CT molecular complexity index is 282.